The van der Waals surface area contributed by atoms with Crippen LogP contribution in [0.1, 0.15) is 37.0 Å². The van der Waals surface area contributed by atoms with Crippen LogP contribution in [-0.4, -0.2) is 40.1 Å². The number of halogens is 2. The molecule has 1 aromatic carbocycles. The summed E-state index contributed by atoms with van der Waals surface area (Å²) in [5, 5.41) is 3.77. The summed E-state index contributed by atoms with van der Waals surface area (Å²) in [5.41, 5.74) is -0.199. The number of ether oxygens (including phenoxy) is 1. The lowest BCUT2D eigenvalue weighted by Gasteiger charge is -2.40. The van der Waals surface area contributed by atoms with E-state index in [1.165, 1.54) is 17.9 Å². The molecule has 1 saturated heterocycles. The van der Waals surface area contributed by atoms with Crippen LogP contribution < -0.4 is 0 Å². The number of amides is 1. The van der Waals surface area contributed by atoms with Crippen LogP contribution in [0.2, 0.25) is 0 Å². The molecule has 134 valence electrons. The first-order chi connectivity index (χ1) is 12.0. The fraction of sp³-hybridized carbons (Fsp3) is 0.471. The molecule has 0 saturated carbocycles. The summed E-state index contributed by atoms with van der Waals surface area (Å²) in [6, 6.07) is 3.58. The van der Waals surface area contributed by atoms with Crippen molar-refractivity contribution >= 4 is 5.91 Å². The van der Waals surface area contributed by atoms with E-state index in [-0.39, 0.29) is 24.2 Å². The van der Waals surface area contributed by atoms with Gasteiger partial charge in [0.05, 0.1) is 12.0 Å². The highest BCUT2D eigenvalue weighted by atomic mass is 19.1. The average Bonchev–Trinajstić information content (AvgIpc) is 3.01. The van der Waals surface area contributed by atoms with Gasteiger partial charge in [0.25, 0.3) is 5.89 Å². The van der Waals surface area contributed by atoms with Gasteiger partial charge in [-0.2, -0.15) is 4.98 Å². The maximum absolute atomic E-state index is 13.8. The largest absolute Gasteiger partial charge is 0.365 e. The molecule has 2 aromatic rings. The third-order valence-corrected chi connectivity index (χ3v) is 4.23. The zero-order valence-electron chi connectivity index (χ0n) is 14.0. The SMILES string of the molecule is CCc1noc(COC2CN(C(=O)C(C)c3c(F)cccc3F)C2)n1. The normalized spacial score (nSPS) is 15.9. The van der Waals surface area contributed by atoms with Crippen LogP contribution in [0.4, 0.5) is 8.78 Å². The van der Waals surface area contributed by atoms with E-state index in [4.69, 9.17) is 9.26 Å². The van der Waals surface area contributed by atoms with E-state index >= 15 is 0 Å². The first kappa shape index (κ1) is 17.5. The van der Waals surface area contributed by atoms with Gasteiger partial charge in [-0.15, -0.1) is 0 Å². The molecule has 0 N–H and O–H groups in total. The van der Waals surface area contributed by atoms with Gasteiger partial charge in [-0.05, 0) is 19.1 Å². The Morgan fingerprint density at radius 1 is 1.40 bits per heavy atom. The monoisotopic (exact) mass is 351 g/mol. The zero-order valence-corrected chi connectivity index (χ0v) is 14.0. The summed E-state index contributed by atoms with van der Waals surface area (Å²) < 4.78 is 38.2. The number of aromatic nitrogens is 2. The quantitative estimate of drug-likeness (QED) is 0.800. The van der Waals surface area contributed by atoms with Crippen LogP contribution in [0, 0.1) is 11.6 Å². The highest BCUT2D eigenvalue weighted by molar-refractivity contribution is 5.84. The van der Waals surface area contributed by atoms with Crippen LogP contribution in [-0.2, 0) is 22.6 Å². The van der Waals surface area contributed by atoms with Crippen molar-refractivity contribution in [2.45, 2.75) is 38.9 Å². The minimum Gasteiger partial charge on any atom is -0.365 e. The molecule has 0 bridgehead atoms. The lowest BCUT2D eigenvalue weighted by molar-refractivity contribution is -0.147. The summed E-state index contributed by atoms with van der Waals surface area (Å²) in [6.07, 6.45) is 0.526. The highest BCUT2D eigenvalue weighted by Crippen LogP contribution is 2.26. The van der Waals surface area contributed by atoms with E-state index in [9.17, 15) is 13.6 Å². The minimum absolute atomic E-state index is 0.154. The molecule has 1 atom stereocenters. The Morgan fingerprint density at radius 2 is 2.08 bits per heavy atom. The molecule has 1 fully saturated rings. The third kappa shape index (κ3) is 3.68. The molecular formula is C17H19F2N3O3. The molecule has 0 spiro atoms. The summed E-state index contributed by atoms with van der Waals surface area (Å²) >= 11 is 0. The van der Waals surface area contributed by atoms with Crippen molar-refractivity contribution in [3.63, 3.8) is 0 Å². The average molecular weight is 351 g/mol. The van der Waals surface area contributed by atoms with Crippen LogP contribution in [0.5, 0.6) is 0 Å². The van der Waals surface area contributed by atoms with Crippen molar-refractivity contribution in [3.8, 4) is 0 Å². The first-order valence-electron chi connectivity index (χ1n) is 8.15. The van der Waals surface area contributed by atoms with Gasteiger partial charge < -0.3 is 14.2 Å². The molecule has 0 aliphatic carbocycles. The second kappa shape index (κ2) is 7.26. The van der Waals surface area contributed by atoms with Gasteiger partial charge in [-0.25, -0.2) is 8.78 Å². The Bertz CT molecular complexity index is 739. The number of benzene rings is 1. The van der Waals surface area contributed by atoms with Gasteiger partial charge in [-0.1, -0.05) is 18.1 Å². The van der Waals surface area contributed by atoms with Gasteiger partial charge >= 0.3 is 0 Å². The number of aryl methyl sites for hydroxylation is 1. The van der Waals surface area contributed by atoms with Gasteiger partial charge in [0.15, 0.2) is 5.82 Å². The van der Waals surface area contributed by atoms with Gasteiger partial charge in [-0.3, -0.25) is 4.79 Å². The molecule has 1 aliphatic heterocycles. The Hall–Kier alpha value is -2.35. The number of hydrogen-bond acceptors (Lipinski definition) is 5. The molecule has 8 heteroatoms. The number of rotatable bonds is 6. The molecule has 1 unspecified atom stereocenters. The topological polar surface area (TPSA) is 68.5 Å². The molecule has 25 heavy (non-hydrogen) atoms. The van der Waals surface area contributed by atoms with E-state index in [0.717, 1.165) is 12.1 Å². The molecule has 2 heterocycles. The fourth-order valence-corrected chi connectivity index (χ4v) is 2.73. The third-order valence-electron chi connectivity index (χ3n) is 4.23. The summed E-state index contributed by atoms with van der Waals surface area (Å²) in [5.74, 6) is -1.62. The number of likely N-dealkylation sites (tertiary alicyclic amines) is 1. The van der Waals surface area contributed by atoms with Crippen molar-refractivity contribution in [1.29, 1.82) is 0 Å². The Morgan fingerprint density at radius 3 is 2.68 bits per heavy atom. The van der Waals surface area contributed by atoms with E-state index in [1.54, 1.807) is 0 Å². The van der Waals surface area contributed by atoms with Crippen LogP contribution in [0.3, 0.4) is 0 Å². The minimum atomic E-state index is -0.884. The molecule has 1 aliphatic rings. The first-order valence-corrected chi connectivity index (χ1v) is 8.15. The smallest absolute Gasteiger partial charge is 0.252 e. The molecule has 3 rings (SSSR count). The highest BCUT2D eigenvalue weighted by Gasteiger charge is 2.35. The zero-order chi connectivity index (χ0) is 18.0. The van der Waals surface area contributed by atoms with E-state index in [1.807, 2.05) is 6.92 Å². The van der Waals surface area contributed by atoms with E-state index < -0.39 is 17.6 Å². The maximum Gasteiger partial charge on any atom is 0.252 e. The van der Waals surface area contributed by atoms with Gasteiger partial charge in [0.2, 0.25) is 5.91 Å². The number of hydrogen-bond donors (Lipinski definition) is 0. The molecule has 1 aromatic heterocycles. The van der Waals surface area contributed by atoms with Crippen LogP contribution in [0.15, 0.2) is 22.7 Å². The summed E-state index contributed by atoms with van der Waals surface area (Å²) in [4.78, 5) is 18.0. The van der Waals surface area contributed by atoms with Crippen LogP contribution in [0.25, 0.3) is 0 Å². The number of carbonyl (C=O) groups excluding carboxylic acids is 1. The second-order valence-corrected chi connectivity index (χ2v) is 5.99. The Kier molecular flexibility index (Phi) is 5.08. The molecule has 1 amide bonds. The second-order valence-electron chi connectivity index (χ2n) is 5.99. The predicted molar refractivity (Wildman–Crippen MR) is 83.6 cm³/mol. The summed E-state index contributed by atoms with van der Waals surface area (Å²) in [6.45, 7) is 4.34. The standard InChI is InChI=1S/C17H19F2N3O3/c1-3-14-20-15(25-21-14)9-24-11-7-22(8-11)17(23)10(2)16-12(18)5-4-6-13(16)19/h4-6,10-11H,3,7-9H2,1-2H3. The van der Waals surface area contributed by atoms with Crippen LogP contribution >= 0.6 is 0 Å². The molecule has 0 radical (unpaired) electrons. The molecule has 6 nitrogen and oxygen atoms in total. The number of nitrogens with zero attached hydrogens (tertiary/aromatic N) is 3. The summed E-state index contributed by atoms with van der Waals surface area (Å²) in [7, 11) is 0. The maximum atomic E-state index is 13.8. The van der Waals surface area contributed by atoms with Crippen molar-refractivity contribution < 1.29 is 22.8 Å². The van der Waals surface area contributed by atoms with Crippen molar-refractivity contribution in [1.82, 2.24) is 15.0 Å². The predicted octanol–water partition coefficient (Wildman–Crippen LogP) is 2.44. The number of carbonyl (C=O) groups is 1. The van der Waals surface area contributed by atoms with E-state index in [0.29, 0.717) is 31.2 Å². The fourth-order valence-electron chi connectivity index (χ4n) is 2.73. The van der Waals surface area contributed by atoms with Gasteiger partial charge in [0, 0.05) is 25.1 Å². The molecular weight excluding hydrogens is 332 g/mol. The van der Waals surface area contributed by atoms with Crippen molar-refractivity contribution in [3.05, 3.63) is 47.1 Å². The van der Waals surface area contributed by atoms with E-state index in [2.05, 4.69) is 10.1 Å². The van der Waals surface area contributed by atoms with Crippen molar-refractivity contribution in [2.24, 2.45) is 0 Å². The Labute approximate surface area is 143 Å². The lowest BCUT2D eigenvalue weighted by Crippen LogP contribution is -2.55. The van der Waals surface area contributed by atoms with Crippen molar-refractivity contribution in [2.75, 3.05) is 13.1 Å². The van der Waals surface area contributed by atoms with Gasteiger partial charge in [0.1, 0.15) is 18.2 Å². The Balaban J connectivity index is 1.51. The lowest BCUT2D eigenvalue weighted by atomic mass is 9.96.